The van der Waals surface area contributed by atoms with Gasteiger partial charge < -0.3 is 4.90 Å². The van der Waals surface area contributed by atoms with Crippen molar-refractivity contribution in [3.63, 3.8) is 0 Å². The molecule has 5 nitrogen and oxygen atoms in total. The zero-order valence-corrected chi connectivity index (χ0v) is 18.2. The molecular formula is C22H21FN2O3S2. The quantitative estimate of drug-likeness (QED) is 0.631. The number of rotatable bonds is 4. The molecule has 0 saturated carbocycles. The molecule has 1 atom stereocenters. The molecule has 1 aromatic heterocycles. The van der Waals surface area contributed by atoms with E-state index in [1.54, 1.807) is 41.4 Å². The third kappa shape index (κ3) is 3.85. The minimum Gasteiger partial charge on any atom is -0.331 e. The minimum atomic E-state index is -3.98. The summed E-state index contributed by atoms with van der Waals surface area (Å²) in [5, 5.41) is 2.04. The zero-order chi connectivity index (χ0) is 21.5. The van der Waals surface area contributed by atoms with Crippen LogP contribution in [0.5, 0.6) is 0 Å². The molecule has 1 aliphatic rings. The number of thiophene rings is 1. The molecule has 4 rings (SSSR count). The number of amides is 1. The summed E-state index contributed by atoms with van der Waals surface area (Å²) in [4.78, 5) is 16.1. The Labute approximate surface area is 179 Å². The van der Waals surface area contributed by atoms with Gasteiger partial charge in [0.1, 0.15) is 5.82 Å². The van der Waals surface area contributed by atoms with Crippen LogP contribution in [0.2, 0.25) is 0 Å². The molecule has 0 radical (unpaired) electrons. The average Bonchev–Trinajstić information content (AvgIpc) is 3.19. The lowest BCUT2D eigenvalue weighted by atomic mass is 10.0. The van der Waals surface area contributed by atoms with Gasteiger partial charge in [-0.2, -0.15) is 0 Å². The summed E-state index contributed by atoms with van der Waals surface area (Å²) in [7, 11) is -3.98. The van der Waals surface area contributed by atoms with Crippen LogP contribution in [-0.4, -0.2) is 25.8 Å². The van der Waals surface area contributed by atoms with E-state index in [2.05, 4.69) is 10.8 Å². The van der Waals surface area contributed by atoms with Crippen molar-refractivity contribution < 1.29 is 17.6 Å². The molecule has 0 saturated heterocycles. The van der Waals surface area contributed by atoms with Crippen LogP contribution in [0.25, 0.3) is 0 Å². The van der Waals surface area contributed by atoms with E-state index in [0.29, 0.717) is 17.7 Å². The second-order valence-electron chi connectivity index (χ2n) is 7.32. The van der Waals surface area contributed by atoms with E-state index >= 15 is 0 Å². The van der Waals surface area contributed by atoms with Gasteiger partial charge in [0.05, 0.1) is 10.9 Å². The molecule has 1 aliphatic heterocycles. The van der Waals surface area contributed by atoms with Gasteiger partial charge in [0.2, 0.25) is 0 Å². The van der Waals surface area contributed by atoms with Crippen LogP contribution in [0.15, 0.2) is 58.8 Å². The van der Waals surface area contributed by atoms with E-state index in [4.69, 9.17) is 0 Å². The Balaban J connectivity index is 1.57. The number of benzene rings is 2. The molecule has 1 amide bonds. The number of hydrogen-bond donors (Lipinski definition) is 1. The predicted molar refractivity (Wildman–Crippen MR) is 116 cm³/mol. The lowest BCUT2D eigenvalue weighted by molar-refractivity contribution is 0.0679. The number of nitrogens with zero attached hydrogens (tertiary/aromatic N) is 1. The number of aryl methyl sites for hydroxylation is 1. The topological polar surface area (TPSA) is 66.5 Å². The number of carbonyl (C=O) groups excluding carboxylic acids is 1. The van der Waals surface area contributed by atoms with Gasteiger partial charge in [-0.25, -0.2) is 12.8 Å². The van der Waals surface area contributed by atoms with Crippen molar-refractivity contribution in [3.8, 4) is 0 Å². The van der Waals surface area contributed by atoms with E-state index in [1.807, 2.05) is 12.3 Å². The van der Waals surface area contributed by atoms with Crippen LogP contribution in [0, 0.1) is 12.7 Å². The molecule has 8 heteroatoms. The van der Waals surface area contributed by atoms with Gasteiger partial charge in [-0.1, -0.05) is 12.1 Å². The Morgan fingerprint density at radius 2 is 2.00 bits per heavy atom. The van der Waals surface area contributed by atoms with Crippen LogP contribution in [0.4, 0.5) is 10.1 Å². The standard InChI is InChI=1S/C22H21FN2O3S2/c1-14-6-7-18(13-20(14)23)30(27,28)24-17-5-3-4-16(12-17)22(26)25-10-8-21-19(15(25)2)9-11-29-21/h3-7,9,11-13,15,24H,8,10H2,1-2H3. The normalized spacial score (nSPS) is 16.2. The van der Waals surface area contributed by atoms with Crippen molar-refractivity contribution >= 4 is 33.0 Å². The largest absolute Gasteiger partial charge is 0.331 e. The van der Waals surface area contributed by atoms with Gasteiger partial charge in [0, 0.05) is 22.7 Å². The van der Waals surface area contributed by atoms with Crippen molar-refractivity contribution in [2.24, 2.45) is 0 Å². The van der Waals surface area contributed by atoms with Crippen molar-refractivity contribution in [3.05, 3.63) is 81.3 Å². The fourth-order valence-corrected chi connectivity index (χ4v) is 5.65. The molecule has 156 valence electrons. The first-order valence-corrected chi connectivity index (χ1v) is 11.9. The summed E-state index contributed by atoms with van der Waals surface area (Å²) in [6.45, 7) is 4.18. The number of carbonyl (C=O) groups is 1. The highest BCUT2D eigenvalue weighted by Gasteiger charge is 2.29. The van der Waals surface area contributed by atoms with Gasteiger partial charge in [-0.15, -0.1) is 11.3 Å². The summed E-state index contributed by atoms with van der Waals surface area (Å²) in [6.07, 6.45) is 0.814. The van der Waals surface area contributed by atoms with E-state index in [9.17, 15) is 17.6 Å². The maximum atomic E-state index is 13.8. The van der Waals surface area contributed by atoms with Crippen LogP contribution in [0.1, 0.15) is 39.3 Å². The van der Waals surface area contributed by atoms with Gasteiger partial charge in [0.25, 0.3) is 15.9 Å². The SMILES string of the molecule is Cc1ccc(S(=O)(=O)Nc2cccc(C(=O)N3CCc4sccc4C3C)c2)cc1F. The first kappa shape index (κ1) is 20.6. The number of halogens is 1. The fourth-order valence-electron chi connectivity index (χ4n) is 3.62. The summed E-state index contributed by atoms with van der Waals surface area (Å²) in [5.41, 5.74) is 2.18. The van der Waals surface area contributed by atoms with Gasteiger partial charge in [0.15, 0.2) is 0 Å². The summed E-state index contributed by atoms with van der Waals surface area (Å²) >= 11 is 1.71. The maximum absolute atomic E-state index is 13.8. The minimum absolute atomic E-state index is 0.0385. The maximum Gasteiger partial charge on any atom is 0.261 e. The molecule has 2 aromatic carbocycles. The van der Waals surface area contributed by atoms with Crippen molar-refractivity contribution in [2.75, 3.05) is 11.3 Å². The van der Waals surface area contributed by atoms with E-state index in [1.165, 1.54) is 23.1 Å². The summed E-state index contributed by atoms with van der Waals surface area (Å²) in [6, 6.07) is 12.1. The predicted octanol–water partition coefficient (Wildman–Crippen LogP) is 4.76. The highest BCUT2D eigenvalue weighted by atomic mass is 32.2. The van der Waals surface area contributed by atoms with Crippen LogP contribution >= 0.6 is 11.3 Å². The molecule has 30 heavy (non-hydrogen) atoms. The van der Waals surface area contributed by atoms with Crippen molar-refractivity contribution in [1.82, 2.24) is 4.90 Å². The van der Waals surface area contributed by atoms with E-state index < -0.39 is 15.8 Å². The second-order valence-corrected chi connectivity index (χ2v) is 10.0. The highest BCUT2D eigenvalue weighted by Crippen LogP contribution is 2.34. The first-order valence-electron chi connectivity index (χ1n) is 9.52. The summed E-state index contributed by atoms with van der Waals surface area (Å²) in [5.74, 6) is -0.740. The highest BCUT2D eigenvalue weighted by molar-refractivity contribution is 7.92. The van der Waals surface area contributed by atoms with E-state index in [0.717, 1.165) is 18.1 Å². The Morgan fingerprint density at radius 1 is 1.20 bits per heavy atom. The van der Waals surface area contributed by atoms with Crippen LogP contribution in [0.3, 0.4) is 0 Å². The molecule has 1 N–H and O–H groups in total. The third-order valence-corrected chi connectivity index (χ3v) is 7.73. The molecule has 0 spiro atoms. The number of sulfonamides is 1. The Hall–Kier alpha value is -2.71. The molecule has 2 heterocycles. The zero-order valence-electron chi connectivity index (χ0n) is 16.6. The molecule has 3 aromatic rings. The number of fused-ring (bicyclic) bond motifs is 1. The van der Waals surface area contributed by atoms with Crippen LogP contribution in [-0.2, 0) is 16.4 Å². The van der Waals surface area contributed by atoms with Gasteiger partial charge in [-0.05, 0) is 73.2 Å². The average molecular weight is 445 g/mol. The second kappa shape index (κ2) is 7.85. The molecule has 0 aliphatic carbocycles. The smallest absolute Gasteiger partial charge is 0.261 e. The summed E-state index contributed by atoms with van der Waals surface area (Å²) < 4.78 is 41.5. The Morgan fingerprint density at radius 3 is 2.77 bits per heavy atom. The first-order chi connectivity index (χ1) is 14.3. The van der Waals surface area contributed by atoms with E-state index in [-0.39, 0.29) is 22.5 Å². The molecule has 0 bridgehead atoms. The molecule has 1 unspecified atom stereocenters. The molecular weight excluding hydrogens is 423 g/mol. The van der Waals surface area contributed by atoms with Gasteiger partial charge >= 0.3 is 0 Å². The monoisotopic (exact) mass is 444 g/mol. The van der Waals surface area contributed by atoms with Crippen LogP contribution < -0.4 is 4.72 Å². The lowest BCUT2D eigenvalue weighted by Crippen LogP contribution is -2.38. The Kier molecular flexibility index (Phi) is 5.38. The molecule has 0 fully saturated rings. The van der Waals surface area contributed by atoms with Gasteiger partial charge in [-0.3, -0.25) is 9.52 Å². The number of anilines is 1. The number of nitrogens with one attached hydrogen (secondary N) is 1. The fraction of sp³-hybridized carbons (Fsp3) is 0.227. The van der Waals surface area contributed by atoms with Crippen molar-refractivity contribution in [1.29, 1.82) is 0 Å². The third-order valence-electron chi connectivity index (χ3n) is 5.35. The van der Waals surface area contributed by atoms with Crippen molar-refractivity contribution in [2.45, 2.75) is 31.2 Å². The Bertz CT molecular complexity index is 1220. The number of hydrogen-bond acceptors (Lipinski definition) is 4. The lowest BCUT2D eigenvalue weighted by Gasteiger charge is -2.33.